The van der Waals surface area contributed by atoms with Crippen molar-refractivity contribution in [2.24, 2.45) is 0 Å². The SMILES string of the molecule is COc1ccc(N)c(C(=O)N2CCSCC2S(C)(=O)=O)c1. The molecular formula is C13H18N2O4S2. The van der Waals surface area contributed by atoms with Gasteiger partial charge >= 0.3 is 0 Å². The molecule has 1 atom stereocenters. The second-order valence-corrected chi connectivity index (χ2v) is 8.16. The molecule has 1 unspecified atom stereocenters. The number of thioether (sulfide) groups is 1. The Hall–Kier alpha value is -1.41. The molecule has 2 N–H and O–H groups in total. The minimum Gasteiger partial charge on any atom is -0.497 e. The summed E-state index contributed by atoms with van der Waals surface area (Å²) in [5.74, 6) is 1.23. The first-order valence-electron chi connectivity index (χ1n) is 6.35. The van der Waals surface area contributed by atoms with Gasteiger partial charge in [0, 0.05) is 30.0 Å². The highest BCUT2D eigenvalue weighted by Crippen LogP contribution is 2.26. The second kappa shape index (κ2) is 6.15. The van der Waals surface area contributed by atoms with Crippen LogP contribution in [0.2, 0.25) is 0 Å². The van der Waals surface area contributed by atoms with Crippen LogP contribution in [0.15, 0.2) is 18.2 Å². The molecule has 0 saturated carbocycles. The third-order valence-corrected chi connectivity index (χ3v) is 5.97. The van der Waals surface area contributed by atoms with Crippen LogP contribution in [0.4, 0.5) is 5.69 Å². The first-order chi connectivity index (χ1) is 9.84. The van der Waals surface area contributed by atoms with E-state index in [0.717, 1.165) is 6.26 Å². The third-order valence-electron chi connectivity index (χ3n) is 3.33. The lowest BCUT2D eigenvalue weighted by Gasteiger charge is -2.34. The largest absolute Gasteiger partial charge is 0.497 e. The maximum atomic E-state index is 12.7. The van der Waals surface area contributed by atoms with Crippen molar-refractivity contribution in [1.82, 2.24) is 4.90 Å². The average molecular weight is 330 g/mol. The molecule has 8 heteroatoms. The van der Waals surface area contributed by atoms with Crippen molar-refractivity contribution in [3.05, 3.63) is 23.8 Å². The number of ether oxygens (including phenoxy) is 1. The van der Waals surface area contributed by atoms with Gasteiger partial charge in [-0.25, -0.2) is 8.42 Å². The van der Waals surface area contributed by atoms with Crippen molar-refractivity contribution in [3.63, 3.8) is 0 Å². The van der Waals surface area contributed by atoms with Gasteiger partial charge in [0.25, 0.3) is 5.91 Å². The van der Waals surface area contributed by atoms with Gasteiger partial charge in [-0.2, -0.15) is 11.8 Å². The van der Waals surface area contributed by atoms with Gasteiger partial charge in [-0.1, -0.05) is 0 Å². The van der Waals surface area contributed by atoms with Crippen LogP contribution in [0.25, 0.3) is 0 Å². The van der Waals surface area contributed by atoms with Crippen molar-refractivity contribution < 1.29 is 17.9 Å². The van der Waals surface area contributed by atoms with Crippen LogP contribution in [0.5, 0.6) is 5.75 Å². The Morgan fingerprint density at radius 3 is 2.81 bits per heavy atom. The van der Waals surface area contributed by atoms with Crippen molar-refractivity contribution in [1.29, 1.82) is 0 Å². The number of methoxy groups -OCH3 is 1. The Labute approximate surface area is 128 Å². The molecule has 1 fully saturated rings. The van der Waals surface area contributed by atoms with Crippen LogP contribution < -0.4 is 10.5 Å². The molecule has 0 spiro atoms. The molecule has 1 saturated heterocycles. The molecule has 21 heavy (non-hydrogen) atoms. The summed E-state index contributed by atoms with van der Waals surface area (Å²) >= 11 is 1.53. The summed E-state index contributed by atoms with van der Waals surface area (Å²) < 4.78 is 28.8. The monoisotopic (exact) mass is 330 g/mol. The standard InChI is InChI=1S/C13H18N2O4S2/c1-19-9-3-4-11(14)10(7-9)13(16)15-5-6-20-8-12(15)21(2,17)18/h3-4,7,12H,5-6,8,14H2,1-2H3. The molecule has 1 aromatic carbocycles. The van der Waals surface area contributed by atoms with Crippen LogP contribution in [-0.2, 0) is 9.84 Å². The molecule has 1 amide bonds. The normalized spacial score (nSPS) is 19.3. The molecule has 6 nitrogen and oxygen atoms in total. The summed E-state index contributed by atoms with van der Waals surface area (Å²) in [6.07, 6.45) is 1.15. The summed E-state index contributed by atoms with van der Waals surface area (Å²) in [4.78, 5) is 14.0. The molecule has 2 rings (SSSR count). The maximum Gasteiger partial charge on any atom is 0.257 e. The molecule has 116 valence electrons. The zero-order valence-electron chi connectivity index (χ0n) is 11.9. The number of amides is 1. The minimum absolute atomic E-state index is 0.273. The summed E-state index contributed by atoms with van der Waals surface area (Å²) in [6, 6.07) is 4.78. The summed E-state index contributed by atoms with van der Waals surface area (Å²) in [7, 11) is -1.85. The smallest absolute Gasteiger partial charge is 0.257 e. The minimum atomic E-state index is -3.34. The summed E-state index contributed by atoms with van der Waals surface area (Å²) in [5, 5.41) is -0.811. The highest BCUT2D eigenvalue weighted by molar-refractivity contribution is 8.00. The van der Waals surface area contributed by atoms with E-state index in [1.54, 1.807) is 18.2 Å². The molecule has 0 aliphatic carbocycles. The third kappa shape index (κ3) is 3.44. The Balaban J connectivity index is 2.37. The van der Waals surface area contributed by atoms with Crippen molar-refractivity contribution in [2.75, 3.05) is 37.1 Å². The number of hydrogen-bond donors (Lipinski definition) is 1. The Bertz CT molecular complexity index is 646. The van der Waals surface area contributed by atoms with Gasteiger partial charge in [-0.3, -0.25) is 4.79 Å². The number of sulfone groups is 1. The number of rotatable bonds is 3. The molecule has 0 aromatic heterocycles. The predicted molar refractivity (Wildman–Crippen MR) is 84.4 cm³/mol. The molecule has 1 aromatic rings. The van der Waals surface area contributed by atoms with E-state index in [-0.39, 0.29) is 11.5 Å². The second-order valence-electron chi connectivity index (χ2n) is 4.81. The number of benzene rings is 1. The average Bonchev–Trinajstić information content (AvgIpc) is 2.46. The number of hydrogen-bond acceptors (Lipinski definition) is 6. The van der Waals surface area contributed by atoms with Gasteiger partial charge < -0.3 is 15.4 Å². The molecule has 0 bridgehead atoms. The fourth-order valence-electron chi connectivity index (χ4n) is 2.17. The fraction of sp³-hybridized carbons (Fsp3) is 0.462. The Morgan fingerprint density at radius 1 is 1.48 bits per heavy atom. The van der Waals surface area contributed by atoms with E-state index in [0.29, 0.717) is 29.5 Å². The van der Waals surface area contributed by atoms with Crippen LogP contribution in [0, 0.1) is 0 Å². The Kier molecular flexibility index (Phi) is 4.67. The van der Waals surface area contributed by atoms with Crippen molar-refractivity contribution >= 4 is 33.2 Å². The van der Waals surface area contributed by atoms with Gasteiger partial charge in [0.05, 0.1) is 12.7 Å². The first kappa shape index (κ1) is 16.0. The maximum absolute atomic E-state index is 12.7. The quantitative estimate of drug-likeness (QED) is 0.826. The number of nitrogens with two attached hydrogens (primary N) is 1. The lowest BCUT2D eigenvalue weighted by Crippen LogP contribution is -2.50. The number of carbonyl (C=O) groups excluding carboxylic acids is 1. The van der Waals surface area contributed by atoms with E-state index in [1.165, 1.54) is 23.8 Å². The van der Waals surface area contributed by atoms with Crippen LogP contribution in [-0.4, -0.2) is 56.0 Å². The zero-order chi connectivity index (χ0) is 15.6. The van der Waals surface area contributed by atoms with Gasteiger partial charge in [-0.05, 0) is 18.2 Å². The van der Waals surface area contributed by atoms with Gasteiger partial charge in [0.15, 0.2) is 9.84 Å². The Morgan fingerprint density at radius 2 is 2.19 bits per heavy atom. The van der Waals surface area contributed by atoms with Crippen LogP contribution in [0.1, 0.15) is 10.4 Å². The number of nitrogens with zero attached hydrogens (tertiary/aromatic N) is 1. The summed E-state index contributed by atoms with van der Waals surface area (Å²) in [5.41, 5.74) is 6.43. The van der Waals surface area contributed by atoms with Gasteiger partial charge in [0.1, 0.15) is 11.1 Å². The van der Waals surface area contributed by atoms with E-state index >= 15 is 0 Å². The van der Waals surface area contributed by atoms with Crippen LogP contribution >= 0.6 is 11.8 Å². The molecule has 1 heterocycles. The highest BCUT2D eigenvalue weighted by atomic mass is 32.2. The molecule has 1 aliphatic heterocycles. The number of carbonyl (C=O) groups is 1. The van der Waals surface area contributed by atoms with E-state index < -0.39 is 15.2 Å². The van der Waals surface area contributed by atoms with Gasteiger partial charge in [0.2, 0.25) is 0 Å². The van der Waals surface area contributed by atoms with E-state index in [2.05, 4.69) is 0 Å². The van der Waals surface area contributed by atoms with Crippen LogP contribution in [0.3, 0.4) is 0 Å². The van der Waals surface area contributed by atoms with Crippen molar-refractivity contribution in [2.45, 2.75) is 5.37 Å². The topological polar surface area (TPSA) is 89.7 Å². The number of anilines is 1. The highest BCUT2D eigenvalue weighted by Gasteiger charge is 2.35. The van der Waals surface area contributed by atoms with Gasteiger partial charge in [-0.15, -0.1) is 0 Å². The van der Waals surface area contributed by atoms with E-state index in [4.69, 9.17) is 10.5 Å². The lowest BCUT2D eigenvalue weighted by atomic mass is 10.1. The fourth-order valence-corrected chi connectivity index (χ4v) is 4.99. The zero-order valence-corrected chi connectivity index (χ0v) is 13.5. The first-order valence-corrected chi connectivity index (χ1v) is 9.46. The lowest BCUT2D eigenvalue weighted by molar-refractivity contribution is 0.0750. The predicted octanol–water partition coefficient (Wildman–Crippen LogP) is 0.837. The molecule has 0 radical (unpaired) electrons. The van der Waals surface area contributed by atoms with Crippen molar-refractivity contribution in [3.8, 4) is 5.75 Å². The summed E-state index contributed by atoms with van der Waals surface area (Å²) in [6.45, 7) is 0.387. The van der Waals surface area contributed by atoms with E-state index in [1.807, 2.05) is 0 Å². The molecular weight excluding hydrogens is 312 g/mol. The number of nitrogen functional groups attached to an aromatic ring is 1. The van der Waals surface area contributed by atoms with E-state index in [9.17, 15) is 13.2 Å². The molecule has 1 aliphatic rings.